The van der Waals surface area contributed by atoms with Crippen LogP contribution in [0, 0.1) is 0 Å². The van der Waals surface area contributed by atoms with Crippen molar-refractivity contribution in [3.8, 4) is 11.5 Å². The van der Waals surface area contributed by atoms with E-state index in [1.165, 1.54) is 0 Å². The van der Waals surface area contributed by atoms with E-state index in [1.807, 2.05) is 0 Å². The number of amides is 3. The van der Waals surface area contributed by atoms with Gasteiger partial charge in [-0.1, -0.05) is 18.2 Å². The number of carbonyl (C=O) groups is 3. The third-order valence-electron chi connectivity index (χ3n) is 3.54. The number of benzene rings is 2. The zero-order valence-electron chi connectivity index (χ0n) is 14.4. The molecule has 3 rings (SSSR count). The molecule has 1 saturated heterocycles. The van der Waals surface area contributed by atoms with Gasteiger partial charge in [-0.05, 0) is 47.7 Å². The zero-order chi connectivity index (χ0) is 19.2. The maximum absolute atomic E-state index is 12.0. The molecule has 1 heterocycles. The molecule has 7 nitrogen and oxygen atoms in total. The molecule has 0 bridgehead atoms. The fraction of sp³-hybridized carbons (Fsp3) is 0.105. The molecule has 0 unspecified atom stereocenters. The summed E-state index contributed by atoms with van der Waals surface area (Å²) in [6.07, 6.45) is 1.62. The summed E-state index contributed by atoms with van der Waals surface area (Å²) < 4.78 is 10.6. The van der Waals surface area contributed by atoms with E-state index < -0.39 is 5.91 Å². The second-order valence-electron chi connectivity index (χ2n) is 5.49. The maximum atomic E-state index is 12.0. The highest BCUT2D eigenvalue weighted by atomic mass is 32.2. The molecule has 8 heteroatoms. The van der Waals surface area contributed by atoms with E-state index in [-0.39, 0.29) is 17.8 Å². The van der Waals surface area contributed by atoms with Crippen molar-refractivity contribution in [2.75, 3.05) is 19.0 Å². The smallest absolute Gasteiger partial charge is 0.290 e. The first-order valence-electron chi connectivity index (χ1n) is 7.95. The molecule has 3 amide bonds. The number of imide groups is 1. The highest BCUT2D eigenvalue weighted by Crippen LogP contribution is 2.26. The van der Waals surface area contributed by atoms with Crippen molar-refractivity contribution < 1.29 is 23.9 Å². The molecule has 0 aliphatic carbocycles. The van der Waals surface area contributed by atoms with Crippen molar-refractivity contribution in [2.24, 2.45) is 0 Å². The minimum atomic E-state index is -0.403. The van der Waals surface area contributed by atoms with Crippen molar-refractivity contribution in [3.63, 3.8) is 0 Å². The van der Waals surface area contributed by atoms with Crippen molar-refractivity contribution in [3.05, 3.63) is 59.0 Å². The van der Waals surface area contributed by atoms with Crippen molar-refractivity contribution >= 4 is 40.6 Å². The Labute approximate surface area is 159 Å². The van der Waals surface area contributed by atoms with Crippen LogP contribution in [0.2, 0.25) is 0 Å². The predicted octanol–water partition coefficient (Wildman–Crippen LogP) is 3.04. The maximum Gasteiger partial charge on any atom is 0.290 e. The molecule has 0 saturated carbocycles. The van der Waals surface area contributed by atoms with Crippen LogP contribution in [0.25, 0.3) is 6.08 Å². The van der Waals surface area contributed by atoms with Crippen LogP contribution in [0.5, 0.6) is 11.5 Å². The molecule has 1 aliphatic rings. The first-order valence-corrected chi connectivity index (χ1v) is 8.77. The van der Waals surface area contributed by atoms with E-state index in [0.717, 1.165) is 17.3 Å². The van der Waals surface area contributed by atoms with Gasteiger partial charge in [0.15, 0.2) is 6.61 Å². The summed E-state index contributed by atoms with van der Waals surface area (Å²) in [5.41, 5.74) is 1.36. The number of hydrogen-bond donors (Lipinski definition) is 2. The Kier molecular flexibility index (Phi) is 5.77. The summed E-state index contributed by atoms with van der Waals surface area (Å²) >= 11 is 0.859. The van der Waals surface area contributed by atoms with Crippen molar-refractivity contribution in [2.45, 2.75) is 0 Å². The Morgan fingerprint density at radius 1 is 1.15 bits per heavy atom. The molecule has 0 atom stereocenters. The highest BCUT2D eigenvalue weighted by molar-refractivity contribution is 8.18. The van der Waals surface area contributed by atoms with Crippen LogP contribution in [-0.2, 0) is 9.59 Å². The highest BCUT2D eigenvalue weighted by Gasteiger charge is 2.24. The van der Waals surface area contributed by atoms with Gasteiger partial charge in [0, 0.05) is 11.8 Å². The quantitative estimate of drug-likeness (QED) is 0.744. The molecule has 0 aromatic heterocycles. The average molecular weight is 384 g/mol. The van der Waals surface area contributed by atoms with Crippen LogP contribution >= 0.6 is 11.8 Å². The zero-order valence-corrected chi connectivity index (χ0v) is 15.2. The van der Waals surface area contributed by atoms with Crippen LogP contribution in [0.3, 0.4) is 0 Å². The van der Waals surface area contributed by atoms with Crippen molar-refractivity contribution in [1.82, 2.24) is 5.32 Å². The van der Waals surface area contributed by atoms with E-state index in [1.54, 1.807) is 61.7 Å². The Bertz CT molecular complexity index is 909. The number of carbonyl (C=O) groups excluding carboxylic acids is 3. The number of rotatable bonds is 6. The van der Waals surface area contributed by atoms with Gasteiger partial charge in [0.05, 0.1) is 12.0 Å². The molecule has 0 radical (unpaired) electrons. The standard InChI is InChI=1S/C19H16N2O5S/c1-25-15-4-2-3-13(10-15)20-17(22)11-26-14-7-5-12(6-8-14)9-16-18(23)21-19(24)27-16/h2-10H,11H2,1H3,(H,20,22)(H,21,23,24)/b16-9-. The molecule has 0 spiro atoms. The van der Waals surface area contributed by atoms with Gasteiger partial charge in [-0.3, -0.25) is 19.7 Å². The molecular formula is C19H16N2O5S. The van der Waals surface area contributed by atoms with Gasteiger partial charge in [-0.15, -0.1) is 0 Å². The SMILES string of the molecule is COc1cccc(NC(=O)COc2ccc(/C=C3\SC(=O)NC3=O)cc2)c1. The Hall–Kier alpha value is -3.26. The van der Waals surface area contributed by atoms with E-state index in [2.05, 4.69) is 10.6 Å². The molecule has 1 fully saturated rings. The number of thioether (sulfide) groups is 1. The second-order valence-corrected chi connectivity index (χ2v) is 6.50. The Morgan fingerprint density at radius 2 is 1.93 bits per heavy atom. The van der Waals surface area contributed by atoms with Crippen LogP contribution in [0.1, 0.15) is 5.56 Å². The van der Waals surface area contributed by atoms with Crippen LogP contribution in [-0.4, -0.2) is 30.8 Å². The fourth-order valence-corrected chi connectivity index (χ4v) is 2.96. The summed E-state index contributed by atoms with van der Waals surface area (Å²) in [5, 5.41) is 4.54. The normalized spacial score (nSPS) is 14.8. The third-order valence-corrected chi connectivity index (χ3v) is 4.35. The number of ether oxygens (including phenoxy) is 2. The monoisotopic (exact) mass is 384 g/mol. The first-order chi connectivity index (χ1) is 13.0. The lowest BCUT2D eigenvalue weighted by Gasteiger charge is -2.09. The van der Waals surface area contributed by atoms with Gasteiger partial charge in [0.25, 0.3) is 17.1 Å². The average Bonchev–Trinajstić information content (AvgIpc) is 2.98. The largest absolute Gasteiger partial charge is 0.497 e. The molecule has 27 heavy (non-hydrogen) atoms. The molecule has 138 valence electrons. The van der Waals surface area contributed by atoms with Crippen LogP contribution in [0.4, 0.5) is 10.5 Å². The van der Waals surface area contributed by atoms with E-state index in [4.69, 9.17) is 9.47 Å². The van der Waals surface area contributed by atoms with Gasteiger partial charge in [0.1, 0.15) is 11.5 Å². The summed E-state index contributed by atoms with van der Waals surface area (Å²) in [4.78, 5) is 35.0. The minimum absolute atomic E-state index is 0.148. The Morgan fingerprint density at radius 3 is 2.59 bits per heavy atom. The van der Waals surface area contributed by atoms with Crippen molar-refractivity contribution in [1.29, 1.82) is 0 Å². The van der Waals surface area contributed by atoms with E-state index in [0.29, 0.717) is 22.1 Å². The summed E-state index contributed by atoms with van der Waals surface area (Å²) in [7, 11) is 1.55. The lowest BCUT2D eigenvalue weighted by molar-refractivity contribution is -0.118. The minimum Gasteiger partial charge on any atom is -0.497 e. The first kappa shape index (κ1) is 18.5. The molecule has 2 N–H and O–H groups in total. The van der Waals surface area contributed by atoms with E-state index in [9.17, 15) is 14.4 Å². The topological polar surface area (TPSA) is 93.7 Å². The number of hydrogen-bond acceptors (Lipinski definition) is 6. The van der Waals surface area contributed by atoms with Gasteiger partial charge in [-0.2, -0.15) is 0 Å². The summed E-state index contributed by atoms with van der Waals surface area (Å²) in [5.74, 6) is 0.457. The molecule has 1 aliphatic heterocycles. The number of methoxy groups -OCH3 is 1. The number of anilines is 1. The Balaban J connectivity index is 1.54. The van der Waals surface area contributed by atoms with Gasteiger partial charge in [-0.25, -0.2) is 0 Å². The lowest BCUT2D eigenvalue weighted by Crippen LogP contribution is -2.20. The second kappa shape index (κ2) is 8.41. The van der Waals surface area contributed by atoms with Gasteiger partial charge < -0.3 is 14.8 Å². The lowest BCUT2D eigenvalue weighted by atomic mass is 10.2. The summed E-state index contributed by atoms with van der Waals surface area (Å²) in [6.45, 7) is -0.148. The predicted molar refractivity (Wildman–Crippen MR) is 103 cm³/mol. The fourth-order valence-electron chi connectivity index (χ4n) is 2.28. The van der Waals surface area contributed by atoms with Gasteiger partial charge >= 0.3 is 0 Å². The van der Waals surface area contributed by atoms with E-state index >= 15 is 0 Å². The molecular weight excluding hydrogens is 368 g/mol. The van der Waals surface area contributed by atoms with Gasteiger partial charge in [0.2, 0.25) is 0 Å². The third kappa shape index (κ3) is 5.11. The van der Waals surface area contributed by atoms with Crippen LogP contribution in [0.15, 0.2) is 53.4 Å². The number of nitrogens with one attached hydrogen (secondary N) is 2. The molecule has 2 aromatic rings. The molecule has 2 aromatic carbocycles. The summed E-state index contributed by atoms with van der Waals surface area (Å²) in [6, 6.07) is 13.9. The van der Waals surface area contributed by atoms with Crippen LogP contribution < -0.4 is 20.1 Å².